The summed E-state index contributed by atoms with van der Waals surface area (Å²) < 4.78 is 5.50. The molecular weight excluding hydrogens is 260 g/mol. The molecule has 1 rings (SSSR count). The van der Waals surface area contributed by atoms with Crippen LogP contribution < -0.4 is 0 Å². The molecular formula is C14H22N2O4. The monoisotopic (exact) mass is 282 g/mol. The predicted molar refractivity (Wildman–Crippen MR) is 74.5 cm³/mol. The number of furan rings is 1. The van der Waals surface area contributed by atoms with E-state index in [9.17, 15) is 9.59 Å². The summed E-state index contributed by atoms with van der Waals surface area (Å²) in [4.78, 5) is 26.3. The number of carboxylic acids is 1. The normalized spacial score (nSPS) is 12.4. The predicted octanol–water partition coefficient (Wildman–Crippen LogP) is 1.67. The molecule has 1 atom stereocenters. The minimum absolute atomic E-state index is 0.169. The van der Waals surface area contributed by atoms with Gasteiger partial charge in [-0.05, 0) is 32.1 Å². The maximum absolute atomic E-state index is 12.1. The van der Waals surface area contributed by atoms with Gasteiger partial charge in [-0.25, -0.2) is 4.79 Å². The smallest absolute Gasteiger partial charge is 0.326 e. The summed E-state index contributed by atoms with van der Waals surface area (Å²) in [5.41, 5.74) is 0. The van der Waals surface area contributed by atoms with Gasteiger partial charge in [-0.1, -0.05) is 13.8 Å². The zero-order valence-electron chi connectivity index (χ0n) is 12.4. The summed E-state index contributed by atoms with van der Waals surface area (Å²) in [5.74, 6) is -0.599. The van der Waals surface area contributed by atoms with Crippen LogP contribution in [0.5, 0.6) is 0 Å². The van der Waals surface area contributed by atoms with Gasteiger partial charge in [0.2, 0.25) is 0 Å². The Morgan fingerprint density at radius 3 is 2.40 bits per heavy atom. The van der Waals surface area contributed by atoms with E-state index in [4.69, 9.17) is 9.52 Å². The molecule has 6 heteroatoms. The second-order valence-electron chi connectivity index (χ2n) is 4.66. The van der Waals surface area contributed by atoms with E-state index in [1.807, 2.05) is 0 Å². The zero-order chi connectivity index (χ0) is 15.3. The molecule has 0 aliphatic heterocycles. The fraction of sp³-hybridized carbons (Fsp3) is 0.571. The minimum atomic E-state index is -1.05. The SMILES string of the molecule is CCN(CC)Cc1ccc(C(=O)N(C)C(C)C(=O)O)o1. The van der Waals surface area contributed by atoms with Gasteiger partial charge in [0.05, 0.1) is 6.54 Å². The lowest BCUT2D eigenvalue weighted by Crippen LogP contribution is -2.40. The lowest BCUT2D eigenvalue weighted by Gasteiger charge is -2.20. The number of hydrogen-bond donors (Lipinski definition) is 1. The standard InChI is InChI=1S/C14H22N2O4/c1-5-16(6-2)9-11-7-8-12(20-11)13(17)15(4)10(3)14(18)19/h7-8,10H,5-6,9H2,1-4H3,(H,18,19). The van der Waals surface area contributed by atoms with Crippen molar-refractivity contribution in [1.29, 1.82) is 0 Å². The number of aliphatic carboxylic acids is 1. The number of nitrogens with zero attached hydrogens (tertiary/aromatic N) is 2. The second-order valence-corrected chi connectivity index (χ2v) is 4.66. The summed E-state index contributed by atoms with van der Waals surface area (Å²) in [5, 5.41) is 8.91. The van der Waals surface area contributed by atoms with Crippen LogP contribution in [0.1, 0.15) is 37.1 Å². The van der Waals surface area contributed by atoms with E-state index in [1.165, 1.54) is 14.0 Å². The highest BCUT2D eigenvalue weighted by molar-refractivity contribution is 5.94. The number of rotatable bonds is 7. The molecule has 20 heavy (non-hydrogen) atoms. The van der Waals surface area contributed by atoms with Gasteiger partial charge in [0.1, 0.15) is 11.8 Å². The van der Waals surface area contributed by atoms with Gasteiger partial charge in [-0.15, -0.1) is 0 Å². The van der Waals surface area contributed by atoms with E-state index in [-0.39, 0.29) is 5.76 Å². The van der Waals surface area contributed by atoms with Crippen molar-refractivity contribution in [3.8, 4) is 0 Å². The van der Waals surface area contributed by atoms with Crippen molar-refractivity contribution in [1.82, 2.24) is 9.80 Å². The third kappa shape index (κ3) is 3.84. The molecule has 1 N–H and O–H groups in total. The Morgan fingerprint density at radius 2 is 1.90 bits per heavy atom. The summed E-state index contributed by atoms with van der Waals surface area (Å²) >= 11 is 0. The molecule has 0 fully saturated rings. The Kier molecular flexibility index (Phi) is 5.76. The molecule has 0 bridgehead atoms. The number of carbonyl (C=O) groups is 2. The lowest BCUT2D eigenvalue weighted by atomic mass is 10.3. The van der Waals surface area contributed by atoms with Crippen LogP contribution in [0, 0.1) is 0 Å². The van der Waals surface area contributed by atoms with Crippen molar-refractivity contribution in [2.75, 3.05) is 20.1 Å². The third-order valence-corrected chi connectivity index (χ3v) is 3.40. The van der Waals surface area contributed by atoms with Crippen molar-refractivity contribution >= 4 is 11.9 Å². The molecule has 1 heterocycles. The second kappa shape index (κ2) is 7.09. The average Bonchev–Trinajstić information content (AvgIpc) is 2.90. The first-order valence-electron chi connectivity index (χ1n) is 6.71. The molecule has 6 nitrogen and oxygen atoms in total. The summed E-state index contributed by atoms with van der Waals surface area (Å²) in [6, 6.07) is 2.45. The minimum Gasteiger partial charge on any atom is -0.480 e. The first-order valence-corrected chi connectivity index (χ1v) is 6.71. The number of carbonyl (C=O) groups excluding carboxylic acids is 1. The van der Waals surface area contributed by atoms with Crippen LogP contribution in [0.25, 0.3) is 0 Å². The van der Waals surface area contributed by atoms with Crippen LogP contribution >= 0.6 is 0 Å². The molecule has 1 amide bonds. The van der Waals surface area contributed by atoms with E-state index < -0.39 is 17.9 Å². The molecule has 0 aliphatic carbocycles. The molecule has 0 aliphatic rings. The highest BCUT2D eigenvalue weighted by Gasteiger charge is 2.25. The highest BCUT2D eigenvalue weighted by atomic mass is 16.4. The average molecular weight is 282 g/mol. The van der Waals surface area contributed by atoms with Crippen LogP contribution in [0.3, 0.4) is 0 Å². The van der Waals surface area contributed by atoms with Crippen molar-refractivity contribution in [2.24, 2.45) is 0 Å². The lowest BCUT2D eigenvalue weighted by molar-refractivity contribution is -0.141. The molecule has 1 aromatic heterocycles. The van der Waals surface area contributed by atoms with Crippen molar-refractivity contribution in [3.63, 3.8) is 0 Å². The van der Waals surface area contributed by atoms with Gasteiger partial charge in [0, 0.05) is 7.05 Å². The largest absolute Gasteiger partial charge is 0.480 e. The summed E-state index contributed by atoms with van der Waals surface area (Å²) in [6.07, 6.45) is 0. The molecule has 0 spiro atoms. The van der Waals surface area contributed by atoms with Gasteiger partial charge < -0.3 is 14.4 Å². The van der Waals surface area contributed by atoms with E-state index in [0.29, 0.717) is 12.3 Å². The van der Waals surface area contributed by atoms with Crippen molar-refractivity contribution < 1.29 is 19.1 Å². The molecule has 0 saturated carbocycles. The van der Waals surface area contributed by atoms with Crippen molar-refractivity contribution in [2.45, 2.75) is 33.4 Å². The summed E-state index contributed by atoms with van der Waals surface area (Å²) in [7, 11) is 1.45. The van der Waals surface area contributed by atoms with Crippen LogP contribution in [-0.4, -0.2) is 53.0 Å². The van der Waals surface area contributed by atoms with E-state index >= 15 is 0 Å². The Labute approximate surface area is 119 Å². The quantitative estimate of drug-likeness (QED) is 0.823. The highest BCUT2D eigenvalue weighted by Crippen LogP contribution is 2.13. The molecule has 1 aromatic rings. The molecule has 0 aromatic carbocycles. The molecule has 0 saturated heterocycles. The van der Waals surface area contributed by atoms with Gasteiger partial charge in [-0.2, -0.15) is 0 Å². The molecule has 0 radical (unpaired) electrons. The molecule has 112 valence electrons. The number of amides is 1. The van der Waals surface area contributed by atoms with Crippen LogP contribution in [0.15, 0.2) is 16.5 Å². The Balaban J connectivity index is 2.76. The van der Waals surface area contributed by atoms with Crippen LogP contribution in [-0.2, 0) is 11.3 Å². The fourth-order valence-electron chi connectivity index (χ4n) is 1.76. The summed E-state index contributed by atoms with van der Waals surface area (Å²) in [6.45, 7) is 8.01. The maximum Gasteiger partial charge on any atom is 0.326 e. The fourth-order valence-corrected chi connectivity index (χ4v) is 1.76. The van der Waals surface area contributed by atoms with E-state index in [0.717, 1.165) is 18.0 Å². The van der Waals surface area contributed by atoms with Crippen LogP contribution in [0.2, 0.25) is 0 Å². The van der Waals surface area contributed by atoms with Gasteiger partial charge in [0.25, 0.3) is 5.91 Å². The topological polar surface area (TPSA) is 74.0 Å². The van der Waals surface area contributed by atoms with E-state index in [1.54, 1.807) is 12.1 Å². The Bertz CT molecular complexity index is 465. The van der Waals surface area contributed by atoms with Gasteiger partial charge in [0.15, 0.2) is 5.76 Å². The third-order valence-electron chi connectivity index (χ3n) is 3.40. The number of carboxylic acid groups (broad SMARTS) is 1. The zero-order valence-corrected chi connectivity index (χ0v) is 12.4. The van der Waals surface area contributed by atoms with Gasteiger partial charge in [-0.3, -0.25) is 9.69 Å². The Hall–Kier alpha value is -1.82. The van der Waals surface area contributed by atoms with Gasteiger partial charge >= 0.3 is 5.97 Å². The number of likely N-dealkylation sites (N-methyl/N-ethyl adjacent to an activating group) is 1. The molecule has 1 unspecified atom stereocenters. The first-order chi connectivity index (χ1) is 9.40. The van der Waals surface area contributed by atoms with E-state index in [2.05, 4.69) is 18.7 Å². The number of hydrogen-bond acceptors (Lipinski definition) is 4. The maximum atomic E-state index is 12.1. The van der Waals surface area contributed by atoms with Crippen LogP contribution in [0.4, 0.5) is 0 Å². The Morgan fingerprint density at radius 1 is 1.30 bits per heavy atom. The van der Waals surface area contributed by atoms with Crippen molar-refractivity contribution in [3.05, 3.63) is 23.7 Å². The first kappa shape index (κ1) is 16.2.